The average Bonchev–Trinajstić information content (AvgIpc) is 3.27. The highest BCUT2D eigenvalue weighted by Gasteiger charge is 2.28. The molecule has 0 radical (unpaired) electrons. The highest BCUT2D eigenvalue weighted by molar-refractivity contribution is 9.10. The van der Waals surface area contributed by atoms with Gasteiger partial charge in [-0.2, -0.15) is 0 Å². The molecule has 3 rings (SSSR count). The van der Waals surface area contributed by atoms with E-state index in [0.29, 0.717) is 32.6 Å². The monoisotopic (exact) mass is 383 g/mol. The zero-order valence-corrected chi connectivity index (χ0v) is 14.5. The van der Waals surface area contributed by atoms with Crippen LogP contribution in [0.25, 0.3) is 0 Å². The summed E-state index contributed by atoms with van der Waals surface area (Å²) in [6, 6.07) is 3.29. The lowest BCUT2D eigenvalue weighted by Gasteiger charge is -2.10. The molecule has 1 aliphatic rings. The summed E-state index contributed by atoms with van der Waals surface area (Å²) in [7, 11) is 3.07. The van der Waals surface area contributed by atoms with Gasteiger partial charge in [-0.25, -0.2) is 0 Å². The second-order valence-corrected chi connectivity index (χ2v) is 6.67. The van der Waals surface area contributed by atoms with Crippen LogP contribution in [-0.4, -0.2) is 30.3 Å². The van der Waals surface area contributed by atoms with Crippen LogP contribution in [-0.2, 0) is 0 Å². The Morgan fingerprint density at radius 3 is 2.45 bits per heavy atom. The van der Waals surface area contributed by atoms with Gasteiger partial charge in [0.2, 0.25) is 5.13 Å². The number of nitrogens with zero attached hydrogens (tertiary/aromatic N) is 2. The van der Waals surface area contributed by atoms with Gasteiger partial charge < -0.3 is 9.47 Å². The summed E-state index contributed by atoms with van der Waals surface area (Å²) < 4.78 is 11.1. The fourth-order valence-electron chi connectivity index (χ4n) is 1.95. The number of aromatic nitrogens is 2. The smallest absolute Gasteiger partial charge is 0.257 e. The third-order valence-electron chi connectivity index (χ3n) is 3.30. The van der Waals surface area contributed by atoms with Crippen LogP contribution in [0.3, 0.4) is 0 Å². The zero-order valence-electron chi connectivity index (χ0n) is 12.1. The molecule has 1 fully saturated rings. The Balaban J connectivity index is 1.81. The Morgan fingerprint density at radius 1 is 1.27 bits per heavy atom. The van der Waals surface area contributed by atoms with Gasteiger partial charge in [0.25, 0.3) is 5.91 Å². The zero-order chi connectivity index (χ0) is 15.7. The molecule has 1 aliphatic carbocycles. The first-order valence-corrected chi connectivity index (χ1v) is 8.29. The summed E-state index contributed by atoms with van der Waals surface area (Å²) in [5.74, 6) is 1.31. The van der Waals surface area contributed by atoms with Gasteiger partial charge >= 0.3 is 0 Å². The number of hydrogen-bond acceptors (Lipinski definition) is 6. The lowest BCUT2D eigenvalue weighted by Crippen LogP contribution is -2.12. The molecule has 116 valence electrons. The predicted molar refractivity (Wildman–Crippen MR) is 87.1 cm³/mol. The van der Waals surface area contributed by atoms with Crippen molar-refractivity contribution >= 4 is 38.3 Å². The van der Waals surface area contributed by atoms with Gasteiger partial charge in [-0.3, -0.25) is 10.1 Å². The van der Waals surface area contributed by atoms with Crippen LogP contribution in [0.5, 0.6) is 11.5 Å². The standard InChI is InChI=1S/C14H14BrN3O3S/c1-20-9-5-8(6-10(21-2)11(9)15)12(19)16-14-18-17-13(22-14)7-3-4-7/h5-7H,3-4H2,1-2H3,(H,16,18,19). The van der Waals surface area contributed by atoms with E-state index in [1.807, 2.05) is 0 Å². The summed E-state index contributed by atoms with van der Waals surface area (Å²) in [5.41, 5.74) is 0.431. The molecular formula is C14H14BrN3O3S. The molecule has 1 N–H and O–H groups in total. The minimum Gasteiger partial charge on any atom is -0.495 e. The Hall–Kier alpha value is -1.67. The molecule has 0 spiro atoms. The van der Waals surface area contributed by atoms with Crippen LogP contribution in [0.15, 0.2) is 16.6 Å². The van der Waals surface area contributed by atoms with Crippen molar-refractivity contribution in [2.45, 2.75) is 18.8 Å². The highest BCUT2D eigenvalue weighted by atomic mass is 79.9. The van der Waals surface area contributed by atoms with E-state index in [0.717, 1.165) is 17.8 Å². The number of anilines is 1. The lowest BCUT2D eigenvalue weighted by molar-refractivity contribution is 0.102. The molecule has 1 saturated carbocycles. The minimum absolute atomic E-state index is 0.275. The van der Waals surface area contributed by atoms with Crippen molar-refractivity contribution in [3.05, 3.63) is 27.2 Å². The minimum atomic E-state index is -0.275. The van der Waals surface area contributed by atoms with E-state index in [9.17, 15) is 4.79 Å². The molecular weight excluding hydrogens is 370 g/mol. The van der Waals surface area contributed by atoms with Crippen LogP contribution < -0.4 is 14.8 Å². The fraction of sp³-hybridized carbons (Fsp3) is 0.357. The quantitative estimate of drug-likeness (QED) is 0.855. The molecule has 6 nitrogen and oxygen atoms in total. The van der Waals surface area contributed by atoms with Crippen LogP contribution >= 0.6 is 27.3 Å². The van der Waals surface area contributed by atoms with Crippen molar-refractivity contribution in [3.8, 4) is 11.5 Å². The molecule has 1 amide bonds. The molecule has 0 bridgehead atoms. The second kappa shape index (κ2) is 6.21. The fourth-order valence-corrected chi connectivity index (χ4v) is 3.41. The highest BCUT2D eigenvalue weighted by Crippen LogP contribution is 2.42. The van der Waals surface area contributed by atoms with Gasteiger partial charge in [0.15, 0.2) is 0 Å². The van der Waals surface area contributed by atoms with Gasteiger partial charge in [0.1, 0.15) is 21.0 Å². The average molecular weight is 384 g/mol. The van der Waals surface area contributed by atoms with Crippen molar-refractivity contribution in [1.82, 2.24) is 10.2 Å². The summed E-state index contributed by atoms with van der Waals surface area (Å²) in [6.07, 6.45) is 2.31. The lowest BCUT2D eigenvalue weighted by atomic mass is 10.2. The van der Waals surface area contributed by atoms with Gasteiger partial charge in [-0.05, 0) is 40.9 Å². The Kier molecular flexibility index (Phi) is 4.30. The molecule has 1 aromatic carbocycles. The number of carbonyl (C=O) groups excluding carboxylic acids is 1. The molecule has 0 aliphatic heterocycles. The van der Waals surface area contributed by atoms with E-state index in [1.165, 1.54) is 25.6 Å². The number of amides is 1. The number of nitrogens with one attached hydrogen (secondary N) is 1. The summed E-state index contributed by atoms with van der Waals surface area (Å²) in [4.78, 5) is 12.4. The molecule has 0 atom stereocenters. The first-order valence-electron chi connectivity index (χ1n) is 6.68. The number of halogens is 1. The van der Waals surface area contributed by atoms with Gasteiger partial charge in [-0.15, -0.1) is 10.2 Å². The number of rotatable bonds is 5. The van der Waals surface area contributed by atoms with Crippen LogP contribution in [0.2, 0.25) is 0 Å². The molecule has 0 saturated heterocycles. The third kappa shape index (κ3) is 3.07. The first-order chi connectivity index (χ1) is 10.6. The van der Waals surface area contributed by atoms with Crippen LogP contribution in [0, 0.1) is 0 Å². The number of benzene rings is 1. The molecule has 0 unspecified atom stereocenters. The normalized spacial score (nSPS) is 13.8. The number of carbonyl (C=O) groups is 1. The van der Waals surface area contributed by atoms with Crippen molar-refractivity contribution in [2.75, 3.05) is 19.5 Å². The SMILES string of the molecule is COc1cc(C(=O)Nc2nnc(C3CC3)s2)cc(OC)c1Br. The van der Waals surface area contributed by atoms with Gasteiger partial charge in [-0.1, -0.05) is 11.3 Å². The molecule has 2 aromatic rings. The second-order valence-electron chi connectivity index (χ2n) is 4.87. The Bertz CT molecular complexity index is 690. The molecule has 1 heterocycles. The molecule has 8 heteroatoms. The number of ether oxygens (including phenoxy) is 2. The first kappa shape index (κ1) is 15.2. The van der Waals surface area contributed by atoms with E-state index in [4.69, 9.17) is 9.47 Å². The van der Waals surface area contributed by atoms with E-state index in [-0.39, 0.29) is 5.91 Å². The largest absolute Gasteiger partial charge is 0.495 e. The van der Waals surface area contributed by atoms with Crippen LogP contribution in [0.1, 0.15) is 34.1 Å². The number of methoxy groups -OCH3 is 2. The topological polar surface area (TPSA) is 73.3 Å². The molecule has 22 heavy (non-hydrogen) atoms. The maximum absolute atomic E-state index is 12.4. The number of hydrogen-bond donors (Lipinski definition) is 1. The van der Waals surface area contributed by atoms with E-state index in [2.05, 4.69) is 31.4 Å². The summed E-state index contributed by atoms with van der Waals surface area (Å²) >= 11 is 4.80. The van der Waals surface area contributed by atoms with E-state index >= 15 is 0 Å². The summed E-state index contributed by atoms with van der Waals surface area (Å²) in [5, 5.41) is 12.4. The Morgan fingerprint density at radius 2 is 1.91 bits per heavy atom. The van der Waals surface area contributed by atoms with E-state index < -0.39 is 0 Å². The predicted octanol–water partition coefficient (Wildman–Crippen LogP) is 3.45. The third-order valence-corrected chi connectivity index (χ3v) is 5.08. The van der Waals surface area contributed by atoms with Gasteiger partial charge in [0, 0.05) is 11.5 Å². The van der Waals surface area contributed by atoms with E-state index in [1.54, 1.807) is 12.1 Å². The van der Waals surface area contributed by atoms with Gasteiger partial charge in [0.05, 0.1) is 14.2 Å². The maximum Gasteiger partial charge on any atom is 0.257 e. The van der Waals surface area contributed by atoms with Crippen LogP contribution in [0.4, 0.5) is 5.13 Å². The Labute approximate surface area is 140 Å². The van der Waals surface area contributed by atoms with Crippen molar-refractivity contribution in [3.63, 3.8) is 0 Å². The maximum atomic E-state index is 12.4. The summed E-state index contributed by atoms with van der Waals surface area (Å²) in [6.45, 7) is 0. The molecule has 1 aromatic heterocycles. The van der Waals surface area contributed by atoms with Crippen molar-refractivity contribution < 1.29 is 14.3 Å². The van der Waals surface area contributed by atoms with Crippen molar-refractivity contribution in [2.24, 2.45) is 0 Å². The van der Waals surface area contributed by atoms with Crippen molar-refractivity contribution in [1.29, 1.82) is 0 Å².